The van der Waals surface area contributed by atoms with E-state index in [1.54, 1.807) is 0 Å². The average Bonchev–Trinajstić information content (AvgIpc) is 2.70. The van der Waals surface area contributed by atoms with Crippen LogP contribution in [-0.4, -0.2) is 24.9 Å². The minimum atomic E-state index is -0.773. The number of pyridine rings is 1. The smallest absolute Gasteiger partial charge is 0.258 e. The van der Waals surface area contributed by atoms with Crippen molar-refractivity contribution in [3.05, 3.63) is 40.6 Å². The summed E-state index contributed by atoms with van der Waals surface area (Å²) in [4.78, 5) is 13.5. The van der Waals surface area contributed by atoms with E-state index >= 15 is 0 Å². The summed E-state index contributed by atoms with van der Waals surface area (Å²) >= 11 is 0. The fraction of sp³-hybridized carbons (Fsp3) is 0. The van der Waals surface area contributed by atoms with E-state index in [0.29, 0.717) is 0 Å². The van der Waals surface area contributed by atoms with Gasteiger partial charge >= 0.3 is 5.69 Å². The maximum atomic E-state index is 12.7. The number of aromatic nitrogens is 4. The third-order valence-corrected chi connectivity index (χ3v) is 1.65. The summed E-state index contributed by atoms with van der Waals surface area (Å²) in [5, 5.41) is 17.6. The minimum Gasteiger partial charge on any atom is -0.258 e. The van der Waals surface area contributed by atoms with Gasteiger partial charge in [-0.1, -0.05) is 5.21 Å². The van der Waals surface area contributed by atoms with Crippen LogP contribution in [0.2, 0.25) is 0 Å². The molecule has 2 heterocycles. The Bertz CT molecular complexity index is 498. The molecule has 0 bridgehead atoms. The molecule has 15 heavy (non-hydrogen) atoms. The van der Waals surface area contributed by atoms with E-state index in [0.717, 1.165) is 16.9 Å². The van der Waals surface area contributed by atoms with E-state index in [4.69, 9.17) is 0 Å². The molecule has 0 aliphatic carbocycles. The summed E-state index contributed by atoms with van der Waals surface area (Å²) in [6, 6.07) is 0.782. The Morgan fingerprint density at radius 1 is 1.53 bits per heavy atom. The molecule has 0 unspecified atom stereocenters. The highest BCUT2D eigenvalue weighted by atomic mass is 19.1. The Morgan fingerprint density at radius 2 is 2.33 bits per heavy atom. The fourth-order valence-electron chi connectivity index (χ4n) is 1.05. The molecule has 2 aromatic heterocycles. The summed E-state index contributed by atoms with van der Waals surface area (Å²) < 4.78 is 13.8. The van der Waals surface area contributed by atoms with Crippen LogP contribution in [0.4, 0.5) is 10.1 Å². The fourth-order valence-corrected chi connectivity index (χ4v) is 1.05. The lowest BCUT2D eigenvalue weighted by Gasteiger charge is -1.99. The van der Waals surface area contributed by atoms with Crippen LogP contribution in [0.25, 0.3) is 5.82 Å². The van der Waals surface area contributed by atoms with Gasteiger partial charge in [0.1, 0.15) is 5.82 Å². The molecule has 0 fully saturated rings. The molecule has 0 radical (unpaired) electrons. The normalized spacial score (nSPS) is 10.2. The molecule has 0 amide bonds. The van der Waals surface area contributed by atoms with E-state index in [1.165, 1.54) is 12.4 Å². The van der Waals surface area contributed by atoms with Crippen molar-refractivity contribution in [3.8, 4) is 5.82 Å². The first-order chi connectivity index (χ1) is 7.18. The average molecular weight is 209 g/mol. The Labute approximate surface area is 82.3 Å². The Balaban J connectivity index is 2.61. The van der Waals surface area contributed by atoms with Gasteiger partial charge in [0.15, 0.2) is 0 Å². The third kappa shape index (κ3) is 1.64. The van der Waals surface area contributed by atoms with Gasteiger partial charge in [0.05, 0.1) is 29.6 Å². The summed E-state index contributed by atoms with van der Waals surface area (Å²) in [6.45, 7) is 0. The van der Waals surface area contributed by atoms with Crippen LogP contribution >= 0.6 is 0 Å². The van der Waals surface area contributed by atoms with Gasteiger partial charge in [-0.2, -0.15) is 4.68 Å². The van der Waals surface area contributed by atoms with E-state index in [9.17, 15) is 14.5 Å². The van der Waals surface area contributed by atoms with Crippen LogP contribution in [0.15, 0.2) is 24.7 Å². The number of hydrogen-bond acceptors (Lipinski definition) is 5. The monoisotopic (exact) mass is 209 g/mol. The summed E-state index contributed by atoms with van der Waals surface area (Å²) in [5.74, 6) is -0.843. The SMILES string of the molecule is O=[N+]([O-])c1cc(F)cnc1-n1ccnn1. The zero-order valence-electron chi connectivity index (χ0n) is 7.24. The molecule has 2 aromatic rings. The van der Waals surface area contributed by atoms with Crippen LogP contribution in [-0.2, 0) is 0 Å². The molecular formula is C7H4FN5O2. The first kappa shape index (κ1) is 9.19. The van der Waals surface area contributed by atoms with Crippen LogP contribution < -0.4 is 0 Å². The van der Waals surface area contributed by atoms with Crippen LogP contribution in [0.1, 0.15) is 0 Å². The van der Waals surface area contributed by atoms with Gasteiger partial charge in [0.2, 0.25) is 5.82 Å². The van der Waals surface area contributed by atoms with Gasteiger partial charge in [0, 0.05) is 0 Å². The predicted molar refractivity (Wildman–Crippen MR) is 45.8 cm³/mol. The van der Waals surface area contributed by atoms with Crippen molar-refractivity contribution in [1.29, 1.82) is 0 Å². The maximum Gasteiger partial charge on any atom is 0.316 e. The quantitative estimate of drug-likeness (QED) is 0.536. The molecule has 0 atom stereocenters. The second-order valence-electron chi connectivity index (χ2n) is 2.60. The van der Waals surface area contributed by atoms with Crippen molar-refractivity contribution in [3.63, 3.8) is 0 Å². The Morgan fingerprint density at radius 3 is 2.93 bits per heavy atom. The van der Waals surface area contributed by atoms with Crippen LogP contribution in [0, 0.1) is 15.9 Å². The molecule has 0 spiro atoms. The molecule has 0 aromatic carbocycles. The molecule has 0 saturated carbocycles. The number of hydrogen-bond donors (Lipinski definition) is 0. The van der Waals surface area contributed by atoms with E-state index < -0.39 is 16.4 Å². The zero-order valence-corrected chi connectivity index (χ0v) is 7.24. The van der Waals surface area contributed by atoms with Crippen molar-refractivity contribution >= 4 is 5.69 Å². The highest BCUT2D eigenvalue weighted by molar-refractivity contribution is 5.45. The van der Waals surface area contributed by atoms with Crippen molar-refractivity contribution in [2.45, 2.75) is 0 Å². The summed E-state index contributed by atoms with van der Waals surface area (Å²) in [7, 11) is 0. The zero-order chi connectivity index (χ0) is 10.8. The van der Waals surface area contributed by atoms with E-state index in [2.05, 4.69) is 15.3 Å². The molecule has 7 nitrogen and oxygen atoms in total. The first-order valence-electron chi connectivity index (χ1n) is 3.85. The van der Waals surface area contributed by atoms with E-state index in [1.807, 2.05) is 0 Å². The maximum absolute atomic E-state index is 12.7. The second-order valence-corrected chi connectivity index (χ2v) is 2.60. The van der Waals surface area contributed by atoms with E-state index in [-0.39, 0.29) is 5.82 Å². The lowest BCUT2D eigenvalue weighted by molar-refractivity contribution is -0.385. The summed E-state index contributed by atoms with van der Waals surface area (Å²) in [5.41, 5.74) is -0.458. The van der Waals surface area contributed by atoms with Crippen molar-refractivity contribution in [2.75, 3.05) is 0 Å². The highest BCUT2D eigenvalue weighted by Crippen LogP contribution is 2.19. The summed E-state index contributed by atoms with van der Waals surface area (Å²) in [6.07, 6.45) is 3.60. The molecule has 76 valence electrons. The lowest BCUT2D eigenvalue weighted by Crippen LogP contribution is -2.04. The van der Waals surface area contributed by atoms with Crippen LogP contribution in [0.3, 0.4) is 0 Å². The molecular weight excluding hydrogens is 205 g/mol. The largest absolute Gasteiger partial charge is 0.316 e. The first-order valence-corrected chi connectivity index (χ1v) is 3.85. The van der Waals surface area contributed by atoms with Crippen molar-refractivity contribution in [1.82, 2.24) is 20.0 Å². The highest BCUT2D eigenvalue weighted by Gasteiger charge is 2.18. The van der Waals surface area contributed by atoms with Gasteiger partial charge < -0.3 is 0 Å². The van der Waals surface area contributed by atoms with Gasteiger partial charge in [-0.3, -0.25) is 10.1 Å². The molecule has 2 rings (SSSR count). The van der Waals surface area contributed by atoms with Gasteiger partial charge in [-0.25, -0.2) is 9.37 Å². The number of nitro groups is 1. The van der Waals surface area contributed by atoms with Gasteiger partial charge in [-0.05, 0) is 0 Å². The lowest BCUT2D eigenvalue weighted by atomic mass is 10.4. The van der Waals surface area contributed by atoms with Crippen molar-refractivity contribution < 1.29 is 9.31 Å². The standard InChI is InChI=1S/C7H4FN5O2/c8-5-3-6(13(14)15)7(9-4-5)12-2-1-10-11-12/h1-4H. The van der Waals surface area contributed by atoms with Crippen LogP contribution in [0.5, 0.6) is 0 Å². The minimum absolute atomic E-state index is 0.0705. The number of rotatable bonds is 2. The second kappa shape index (κ2) is 3.40. The Kier molecular flexibility index (Phi) is 2.08. The van der Waals surface area contributed by atoms with Crippen molar-refractivity contribution in [2.24, 2.45) is 0 Å². The third-order valence-electron chi connectivity index (χ3n) is 1.65. The molecule has 0 saturated heterocycles. The molecule has 8 heteroatoms. The topological polar surface area (TPSA) is 86.7 Å². The van der Waals surface area contributed by atoms with Gasteiger partial charge in [0.25, 0.3) is 0 Å². The predicted octanol–water partition coefficient (Wildman–Crippen LogP) is 0.710. The molecule has 0 N–H and O–H groups in total. The molecule has 0 aliphatic rings. The number of halogens is 1. The molecule has 0 aliphatic heterocycles. The number of nitrogens with zero attached hydrogens (tertiary/aromatic N) is 5. The van der Waals surface area contributed by atoms with Gasteiger partial charge in [-0.15, -0.1) is 5.10 Å². The Hall–Kier alpha value is -2.38.